The van der Waals surface area contributed by atoms with Gasteiger partial charge in [-0.3, -0.25) is 0 Å². The van der Waals surface area contributed by atoms with Gasteiger partial charge in [0.25, 0.3) is 0 Å². The largest absolute Gasteiger partial charge is 0.496 e. The highest BCUT2D eigenvalue weighted by Gasteiger charge is 2.23. The van der Waals surface area contributed by atoms with Gasteiger partial charge in [-0.2, -0.15) is 0 Å². The maximum absolute atomic E-state index is 5.46. The molecule has 0 radical (unpaired) electrons. The summed E-state index contributed by atoms with van der Waals surface area (Å²) in [4.78, 5) is 2.29. The highest BCUT2D eigenvalue weighted by molar-refractivity contribution is 5.73. The molecule has 0 aromatic heterocycles. The summed E-state index contributed by atoms with van der Waals surface area (Å²) in [5.41, 5.74) is 4.83. The Morgan fingerprint density at radius 2 is 1.59 bits per heavy atom. The van der Waals surface area contributed by atoms with Crippen molar-refractivity contribution in [1.82, 2.24) is 0 Å². The first-order valence-electron chi connectivity index (χ1n) is 7.35. The molecule has 0 aliphatic carbocycles. The van der Waals surface area contributed by atoms with Crippen molar-refractivity contribution in [3.63, 3.8) is 0 Å². The summed E-state index contributed by atoms with van der Waals surface area (Å²) in [7, 11) is 5.02. The quantitative estimate of drug-likeness (QED) is 0.861. The fourth-order valence-corrected chi connectivity index (χ4v) is 3.02. The van der Waals surface area contributed by atoms with Crippen molar-refractivity contribution in [2.45, 2.75) is 13.3 Å². The van der Waals surface area contributed by atoms with Crippen molar-refractivity contribution in [2.24, 2.45) is 0 Å². The van der Waals surface area contributed by atoms with Gasteiger partial charge >= 0.3 is 0 Å². The molecule has 0 spiro atoms. The molecule has 4 heteroatoms. The summed E-state index contributed by atoms with van der Waals surface area (Å²) >= 11 is 0. The van der Waals surface area contributed by atoms with Crippen molar-refractivity contribution in [2.75, 3.05) is 32.8 Å². The van der Waals surface area contributed by atoms with Crippen LogP contribution in [0.1, 0.15) is 11.1 Å². The summed E-state index contributed by atoms with van der Waals surface area (Å²) in [6, 6.07) is 10.4. The number of ether oxygens (including phenoxy) is 3. The SMILES string of the molecule is COc1cc2c(cc1C)CCN2c1ccc(OC)c(OC)c1. The molecule has 0 unspecified atom stereocenters. The number of anilines is 2. The Labute approximate surface area is 131 Å². The molecule has 1 heterocycles. The maximum Gasteiger partial charge on any atom is 0.162 e. The molecule has 2 aromatic carbocycles. The Balaban J connectivity index is 2.02. The number of hydrogen-bond donors (Lipinski definition) is 0. The third-order valence-corrected chi connectivity index (χ3v) is 4.17. The van der Waals surface area contributed by atoms with Crippen LogP contribution in [-0.4, -0.2) is 27.9 Å². The zero-order valence-corrected chi connectivity index (χ0v) is 13.5. The van der Waals surface area contributed by atoms with Gasteiger partial charge in [-0.15, -0.1) is 0 Å². The van der Waals surface area contributed by atoms with Crippen LogP contribution in [0.2, 0.25) is 0 Å². The molecular formula is C18H21NO3. The van der Waals surface area contributed by atoms with Crippen LogP contribution >= 0.6 is 0 Å². The molecule has 1 aliphatic rings. The second-order valence-corrected chi connectivity index (χ2v) is 5.39. The van der Waals surface area contributed by atoms with E-state index in [0.717, 1.165) is 35.9 Å². The van der Waals surface area contributed by atoms with E-state index < -0.39 is 0 Å². The van der Waals surface area contributed by atoms with Crippen LogP contribution in [0, 0.1) is 6.92 Å². The Hall–Kier alpha value is -2.36. The third kappa shape index (κ3) is 2.34. The zero-order valence-electron chi connectivity index (χ0n) is 13.5. The first-order chi connectivity index (χ1) is 10.7. The van der Waals surface area contributed by atoms with Crippen LogP contribution in [0.25, 0.3) is 0 Å². The van der Waals surface area contributed by atoms with E-state index in [-0.39, 0.29) is 0 Å². The van der Waals surface area contributed by atoms with Gasteiger partial charge in [-0.05, 0) is 36.6 Å². The monoisotopic (exact) mass is 299 g/mol. The van der Waals surface area contributed by atoms with E-state index in [2.05, 4.69) is 30.0 Å². The molecule has 0 atom stereocenters. The summed E-state index contributed by atoms with van der Waals surface area (Å²) in [6.45, 7) is 3.04. The normalized spacial score (nSPS) is 13.0. The van der Waals surface area contributed by atoms with Gasteiger partial charge in [-0.25, -0.2) is 0 Å². The number of rotatable bonds is 4. The topological polar surface area (TPSA) is 30.9 Å². The molecule has 0 saturated carbocycles. The third-order valence-electron chi connectivity index (χ3n) is 4.17. The average Bonchev–Trinajstić information content (AvgIpc) is 2.95. The fraction of sp³-hybridized carbons (Fsp3) is 0.333. The molecule has 0 saturated heterocycles. The van der Waals surface area contributed by atoms with Crippen molar-refractivity contribution >= 4 is 11.4 Å². The molecule has 0 amide bonds. The lowest BCUT2D eigenvalue weighted by Gasteiger charge is -2.22. The molecule has 0 bridgehead atoms. The molecule has 2 aromatic rings. The smallest absolute Gasteiger partial charge is 0.162 e. The number of nitrogens with zero attached hydrogens (tertiary/aromatic N) is 1. The average molecular weight is 299 g/mol. The molecule has 0 N–H and O–H groups in total. The van der Waals surface area contributed by atoms with Crippen LogP contribution in [0.4, 0.5) is 11.4 Å². The second kappa shape index (κ2) is 5.79. The van der Waals surface area contributed by atoms with E-state index in [0.29, 0.717) is 0 Å². The number of methoxy groups -OCH3 is 3. The Kier molecular flexibility index (Phi) is 3.84. The molecule has 1 aliphatic heterocycles. The molecule has 3 rings (SSSR count). The first-order valence-corrected chi connectivity index (χ1v) is 7.35. The minimum Gasteiger partial charge on any atom is -0.496 e. The number of fused-ring (bicyclic) bond motifs is 1. The Morgan fingerprint density at radius 1 is 0.864 bits per heavy atom. The fourth-order valence-electron chi connectivity index (χ4n) is 3.02. The van der Waals surface area contributed by atoms with Crippen LogP contribution in [0.15, 0.2) is 30.3 Å². The lowest BCUT2D eigenvalue weighted by atomic mass is 10.1. The van der Waals surface area contributed by atoms with E-state index in [9.17, 15) is 0 Å². The summed E-state index contributed by atoms with van der Waals surface area (Å²) in [5.74, 6) is 2.41. The number of aryl methyl sites for hydroxylation is 1. The minimum atomic E-state index is 0.743. The van der Waals surface area contributed by atoms with E-state index in [1.165, 1.54) is 16.8 Å². The summed E-state index contributed by atoms with van der Waals surface area (Å²) in [5, 5.41) is 0. The summed E-state index contributed by atoms with van der Waals surface area (Å²) in [6.07, 6.45) is 1.04. The van der Waals surface area contributed by atoms with Crippen LogP contribution in [-0.2, 0) is 6.42 Å². The van der Waals surface area contributed by atoms with E-state index in [1.54, 1.807) is 21.3 Å². The highest BCUT2D eigenvalue weighted by atomic mass is 16.5. The lowest BCUT2D eigenvalue weighted by Crippen LogP contribution is -2.13. The maximum atomic E-state index is 5.46. The van der Waals surface area contributed by atoms with Gasteiger partial charge in [0.1, 0.15) is 5.75 Å². The van der Waals surface area contributed by atoms with Crippen LogP contribution < -0.4 is 19.1 Å². The number of hydrogen-bond acceptors (Lipinski definition) is 4. The predicted octanol–water partition coefficient (Wildman–Crippen LogP) is 3.72. The molecule has 116 valence electrons. The Morgan fingerprint density at radius 3 is 2.27 bits per heavy atom. The Bertz CT molecular complexity index is 697. The van der Waals surface area contributed by atoms with Crippen molar-refractivity contribution in [3.8, 4) is 17.2 Å². The summed E-state index contributed by atoms with van der Waals surface area (Å²) < 4.78 is 16.2. The van der Waals surface area contributed by atoms with Crippen molar-refractivity contribution in [1.29, 1.82) is 0 Å². The van der Waals surface area contributed by atoms with E-state index >= 15 is 0 Å². The predicted molar refractivity (Wildman–Crippen MR) is 88.0 cm³/mol. The van der Waals surface area contributed by atoms with Gasteiger partial charge in [0.15, 0.2) is 11.5 Å². The van der Waals surface area contributed by atoms with Crippen molar-refractivity contribution in [3.05, 3.63) is 41.5 Å². The molecule has 22 heavy (non-hydrogen) atoms. The van der Waals surface area contributed by atoms with Gasteiger partial charge < -0.3 is 19.1 Å². The van der Waals surface area contributed by atoms with Crippen molar-refractivity contribution < 1.29 is 14.2 Å². The molecule has 4 nitrogen and oxygen atoms in total. The van der Waals surface area contributed by atoms with E-state index in [1.807, 2.05) is 12.1 Å². The van der Waals surface area contributed by atoms with Gasteiger partial charge in [0.05, 0.1) is 21.3 Å². The highest BCUT2D eigenvalue weighted by Crippen LogP contribution is 2.41. The molecule has 0 fully saturated rings. The number of benzene rings is 2. The van der Waals surface area contributed by atoms with Crippen LogP contribution in [0.3, 0.4) is 0 Å². The van der Waals surface area contributed by atoms with Crippen LogP contribution in [0.5, 0.6) is 17.2 Å². The standard InChI is InChI=1S/C18H21NO3/c1-12-9-13-7-8-19(15(13)11-17(12)21-3)14-5-6-16(20-2)18(10-14)22-4/h5-6,9-11H,7-8H2,1-4H3. The second-order valence-electron chi connectivity index (χ2n) is 5.39. The lowest BCUT2D eigenvalue weighted by molar-refractivity contribution is 0.355. The zero-order chi connectivity index (χ0) is 15.7. The minimum absolute atomic E-state index is 0.743. The van der Waals surface area contributed by atoms with Gasteiger partial charge in [0, 0.05) is 30.1 Å². The van der Waals surface area contributed by atoms with Gasteiger partial charge in [0.2, 0.25) is 0 Å². The molecular weight excluding hydrogens is 278 g/mol. The van der Waals surface area contributed by atoms with E-state index in [4.69, 9.17) is 14.2 Å². The van der Waals surface area contributed by atoms with Gasteiger partial charge in [-0.1, -0.05) is 6.07 Å². The first kappa shape index (κ1) is 14.6.